The van der Waals surface area contributed by atoms with E-state index >= 15 is 4.39 Å². The van der Waals surface area contributed by atoms with E-state index in [4.69, 9.17) is 14.7 Å². The van der Waals surface area contributed by atoms with Crippen molar-refractivity contribution in [2.45, 2.75) is 103 Å². The number of halogens is 1. The molecule has 0 bridgehead atoms. The lowest BCUT2D eigenvalue weighted by Crippen LogP contribution is -2.49. The van der Waals surface area contributed by atoms with Crippen molar-refractivity contribution >= 4 is 52.5 Å². The molecule has 3 saturated heterocycles. The molecule has 4 amide bonds. The number of aromatic nitrogens is 5. The number of methoxy groups -OCH3 is 1. The van der Waals surface area contributed by atoms with Gasteiger partial charge in [-0.1, -0.05) is 26.2 Å². The molecule has 67 heavy (non-hydrogen) atoms. The van der Waals surface area contributed by atoms with E-state index < -0.39 is 11.9 Å². The van der Waals surface area contributed by atoms with Crippen LogP contribution in [-0.2, 0) is 14.4 Å². The number of nitrogens with one attached hydrogen (secondary N) is 4. The molecule has 1 unspecified atom stereocenters. The highest BCUT2D eigenvalue weighted by molar-refractivity contribution is 6.01. The zero-order valence-corrected chi connectivity index (χ0v) is 38.7. The highest BCUT2D eigenvalue weighted by atomic mass is 19.1. The summed E-state index contributed by atoms with van der Waals surface area (Å²) < 4.78 is 23.1. The Bertz CT molecular complexity index is 2460. The van der Waals surface area contributed by atoms with Crippen LogP contribution in [0.15, 0.2) is 42.6 Å². The highest BCUT2D eigenvalue weighted by Gasteiger charge is 2.37. The summed E-state index contributed by atoms with van der Waals surface area (Å²) in [7, 11) is 1.57. The van der Waals surface area contributed by atoms with Crippen molar-refractivity contribution in [2.24, 2.45) is 5.92 Å². The fourth-order valence-electron chi connectivity index (χ4n) is 10.3. The van der Waals surface area contributed by atoms with E-state index in [-0.39, 0.29) is 42.0 Å². The Morgan fingerprint density at radius 2 is 1.72 bits per heavy atom. The quantitative estimate of drug-likeness (QED) is 0.120. The summed E-state index contributed by atoms with van der Waals surface area (Å²) in [5.41, 5.74) is 2.95. The molecule has 2 aromatic carbocycles. The van der Waals surface area contributed by atoms with Gasteiger partial charge in [0.15, 0.2) is 11.6 Å². The highest BCUT2D eigenvalue weighted by Crippen LogP contribution is 2.41. The van der Waals surface area contributed by atoms with Crippen LogP contribution in [0.2, 0.25) is 0 Å². The maximum Gasteiger partial charge on any atom is 0.251 e. The summed E-state index contributed by atoms with van der Waals surface area (Å²) in [5, 5.41) is 20.9. The van der Waals surface area contributed by atoms with E-state index in [1.54, 1.807) is 31.4 Å². The molecule has 1 saturated carbocycles. The number of hydrogen-bond donors (Lipinski definition) is 4. The number of fused-ring (bicyclic) bond motifs is 3. The van der Waals surface area contributed by atoms with Gasteiger partial charge in [0.2, 0.25) is 23.7 Å². The summed E-state index contributed by atoms with van der Waals surface area (Å²) >= 11 is 0. The Balaban J connectivity index is 0.740. The van der Waals surface area contributed by atoms with Crippen molar-refractivity contribution in [3.05, 3.63) is 65.6 Å². The number of carbonyl (C=O) groups is 4. The number of piperazine rings is 1. The van der Waals surface area contributed by atoms with Crippen molar-refractivity contribution in [3.63, 3.8) is 0 Å². The number of amides is 4. The monoisotopic (exact) mass is 919 g/mol. The molecule has 2 atom stereocenters. The van der Waals surface area contributed by atoms with Gasteiger partial charge >= 0.3 is 0 Å². The van der Waals surface area contributed by atoms with Crippen molar-refractivity contribution in [3.8, 4) is 11.4 Å². The molecule has 0 spiro atoms. The van der Waals surface area contributed by atoms with Gasteiger partial charge in [-0.15, -0.1) is 10.2 Å². The molecule has 4 aliphatic heterocycles. The number of nitrogens with zero attached hydrogens (tertiary/aromatic N) is 9. The van der Waals surface area contributed by atoms with Crippen molar-refractivity contribution in [1.82, 2.24) is 45.2 Å². The van der Waals surface area contributed by atoms with E-state index in [0.717, 1.165) is 36.1 Å². The lowest BCUT2D eigenvalue weighted by molar-refractivity contribution is -0.134. The van der Waals surface area contributed by atoms with Gasteiger partial charge in [0.1, 0.15) is 29.1 Å². The first-order valence-corrected chi connectivity index (χ1v) is 24.0. The lowest BCUT2D eigenvalue weighted by Gasteiger charge is -2.39. The van der Waals surface area contributed by atoms with Crippen LogP contribution in [0.3, 0.4) is 0 Å². The first-order chi connectivity index (χ1) is 32.5. The van der Waals surface area contributed by atoms with E-state index in [9.17, 15) is 19.2 Å². The predicted molar refractivity (Wildman–Crippen MR) is 251 cm³/mol. The minimum atomic E-state index is -0.581. The Kier molecular flexibility index (Phi) is 13.8. The van der Waals surface area contributed by atoms with Gasteiger partial charge in [0, 0.05) is 82.5 Å². The van der Waals surface area contributed by atoms with Crippen LogP contribution < -0.4 is 35.8 Å². The number of imide groups is 1. The molecule has 18 nitrogen and oxygen atoms in total. The van der Waals surface area contributed by atoms with Gasteiger partial charge in [-0.2, -0.15) is 4.98 Å². The molecule has 1 aliphatic carbocycles. The average molecular weight is 920 g/mol. The van der Waals surface area contributed by atoms with Crippen LogP contribution in [0.25, 0.3) is 5.69 Å². The third-order valence-electron chi connectivity index (χ3n) is 14.1. The predicted octanol–water partition coefficient (Wildman–Crippen LogP) is 5.26. The first-order valence-electron chi connectivity index (χ1n) is 24.0. The zero-order chi connectivity index (χ0) is 46.6. The molecule has 2 aromatic heterocycles. The standard InChI is InChI=1S/C48H62FN13O5/c1-4-38-45-57-56-30(2)62(45)40-28-50-48(55-44(40)61(38)29-31-8-6-5-7-9-31)53-36-12-10-32(26-41(36)67-3)46(65)52-33-16-20-60(21-17-33)43(64)18-19-58-22-24-59(25-23-58)39-14-11-34(27-35(39)49)51-37-13-15-42(63)54-47(37)66/h10-12,14,26-28,31,33,37-38,51H,4-9,13,15-25,29H2,1-3H3,(H,52,65)(H,50,53,55)(H,54,63,66)/t37?,38-/m1/s1. The second kappa shape index (κ2) is 20.2. The number of benzene rings is 2. The molecule has 356 valence electrons. The fourth-order valence-corrected chi connectivity index (χ4v) is 10.3. The number of rotatable bonds is 14. The minimum absolute atomic E-state index is 0.0465. The van der Waals surface area contributed by atoms with Crippen LogP contribution in [-0.4, -0.2) is 130 Å². The van der Waals surface area contributed by atoms with Crippen molar-refractivity contribution < 1.29 is 28.3 Å². The minimum Gasteiger partial charge on any atom is -0.495 e. The molecule has 19 heteroatoms. The molecule has 4 aromatic rings. The number of ether oxygens (including phenoxy) is 1. The molecule has 5 aliphatic rings. The Hall–Kier alpha value is -6.37. The molecular formula is C48H62FN13O5. The Morgan fingerprint density at radius 3 is 2.45 bits per heavy atom. The number of aryl methyl sites for hydroxylation is 1. The SMILES string of the molecule is CC[C@@H]1c2nnc(C)n2-c2cnc(Nc3ccc(C(=O)NC4CCN(C(=O)CCN5CCN(c6ccc(NC7CCC(=O)NC7=O)cc6F)CC5)CC4)cc3OC)nc2N1CC1CCCCC1. The van der Waals surface area contributed by atoms with Gasteiger partial charge in [0.05, 0.1) is 30.7 Å². The Labute approximate surface area is 390 Å². The molecule has 4 fully saturated rings. The average Bonchev–Trinajstić information content (AvgIpc) is 3.73. The number of anilines is 5. The van der Waals surface area contributed by atoms with Crippen LogP contribution >= 0.6 is 0 Å². The fraction of sp³-hybridized carbons (Fsp3) is 0.542. The largest absolute Gasteiger partial charge is 0.495 e. The van der Waals surface area contributed by atoms with Gasteiger partial charge < -0.3 is 35.4 Å². The smallest absolute Gasteiger partial charge is 0.251 e. The Morgan fingerprint density at radius 1 is 0.925 bits per heavy atom. The maximum absolute atomic E-state index is 15.2. The molecule has 0 radical (unpaired) electrons. The van der Waals surface area contributed by atoms with E-state index in [1.807, 2.05) is 29.0 Å². The second-order valence-corrected chi connectivity index (χ2v) is 18.5. The van der Waals surface area contributed by atoms with E-state index in [2.05, 4.69) is 52.8 Å². The van der Waals surface area contributed by atoms with E-state index in [1.165, 1.54) is 38.2 Å². The first kappa shape index (κ1) is 45.8. The zero-order valence-electron chi connectivity index (χ0n) is 38.7. The third kappa shape index (κ3) is 10.2. The normalized spacial score (nSPS) is 20.5. The molecular weight excluding hydrogens is 858 g/mol. The van der Waals surface area contributed by atoms with Gasteiger partial charge in [-0.3, -0.25) is 34.0 Å². The van der Waals surface area contributed by atoms with Crippen LogP contribution in [0.1, 0.15) is 106 Å². The topological polar surface area (TPSA) is 195 Å². The van der Waals surface area contributed by atoms with Crippen molar-refractivity contribution in [2.75, 3.05) is 79.9 Å². The number of hydrogen-bond acceptors (Lipinski definition) is 14. The summed E-state index contributed by atoms with van der Waals surface area (Å²) in [4.78, 5) is 68.7. The lowest BCUT2D eigenvalue weighted by atomic mass is 9.88. The van der Waals surface area contributed by atoms with Crippen LogP contribution in [0.5, 0.6) is 5.75 Å². The molecule has 9 rings (SSSR count). The van der Waals surface area contributed by atoms with Crippen LogP contribution in [0.4, 0.5) is 33.2 Å². The molecule has 6 heterocycles. The number of carbonyl (C=O) groups excluding carboxylic acids is 4. The summed E-state index contributed by atoms with van der Waals surface area (Å²) in [6.45, 7) is 9.42. The summed E-state index contributed by atoms with van der Waals surface area (Å²) in [6.07, 6.45) is 11.2. The summed E-state index contributed by atoms with van der Waals surface area (Å²) in [5.74, 6) is 2.88. The number of piperidine rings is 2. The van der Waals surface area contributed by atoms with Crippen LogP contribution in [0, 0.1) is 18.7 Å². The summed E-state index contributed by atoms with van der Waals surface area (Å²) in [6, 6.07) is 9.56. The maximum atomic E-state index is 15.2. The second-order valence-electron chi connectivity index (χ2n) is 18.5. The van der Waals surface area contributed by atoms with E-state index in [0.29, 0.717) is 112 Å². The van der Waals surface area contributed by atoms with Crippen molar-refractivity contribution in [1.29, 1.82) is 0 Å². The molecule has 4 N–H and O–H groups in total. The van der Waals surface area contributed by atoms with Gasteiger partial charge in [-0.25, -0.2) is 9.37 Å². The van der Waals surface area contributed by atoms with Gasteiger partial charge in [-0.05, 0) is 87.8 Å². The number of likely N-dealkylation sites (tertiary alicyclic amines) is 1. The third-order valence-corrected chi connectivity index (χ3v) is 14.1. The van der Waals surface area contributed by atoms with Gasteiger partial charge in [0.25, 0.3) is 5.91 Å².